The number of amides is 3. The highest BCUT2D eigenvalue weighted by atomic mass is 19.1. The Morgan fingerprint density at radius 1 is 1.22 bits per heavy atom. The quantitative estimate of drug-likeness (QED) is 0.820. The van der Waals surface area contributed by atoms with E-state index in [1.165, 1.54) is 19.2 Å². The van der Waals surface area contributed by atoms with Crippen LogP contribution in [-0.4, -0.2) is 37.0 Å². The van der Waals surface area contributed by atoms with Crippen LogP contribution in [0.5, 0.6) is 5.75 Å². The van der Waals surface area contributed by atoms with Crippen molar-refractivity contribution in [2.75, 3.05) is 25.5 Å². The van der Waals surface area contributed by atoms with Crippen molar-refractivity contribution in [2.45, 2.75) is 13.0 Å². The van der Waals surface area contributed by atoms with Crippen molar-refractivity contribution in [3.63, 3.8) is 0 Å². The van der Waals surface area contributed by atoms with Crippen LogP contribution in [0.2, 0.25) is 0 Å². The number of urea groups is 1. The maximum Gasteiger partial charge on any atom is 0.319 e. The lowest BCUT2D eigenvalue weighted by Gasteiger charge is -2.17. The van der Waals surface area contributed by atoms with Crippen LogP contribution >= 0.6 is 0 Å². The lowest BCUT2D eigenvalue weighted by molar-refractivity contribution is -0.128. The van der Waals surface area contributed by atoms with Gasteiger partial charge in [-0.25, -0.2) is 9.18 Å². The Morgan fingerprint density at radius 2 is 1.96 bits per heavy atom. The molecule has 3 rings (SSSR count). The molecule has 1 aliphatic rings. The van der Waals surface area contributed by atoms with Crippen LogP contribution in [0.15, 0.2) is 48.5 Å². The van der Waals surface area contributed by atoms with Gasteiger partial charge in [0.1, 0.15) is 11.6 Å². The summed E-state index contributed by atoms with van der Waals surface area (Å²) in [6, 6.07) is 12.9. The Kier molecular flexibility index (Phi) is 5.90. The fourth-order valence-corrected chi connectivity index (χ4v) is 3.11. The second-order valence-corrected chi connectivity index (χ2v) is 6.51. The van der Waals surface area contributed by atoms with Crippen molar-refractivity contribution in [1.29, 1.82) is 0 Å². The minimum Gasteiger partial charge on any atom is -0.495 e. The second-order valence-electron chi connectivity index (χ2n) is 6.51. The number of nitrogens with one attached hydrogen (secondary N) is 2. The van der Waals surface area contributed by atoms with E-state index >= 15 is 0 Å². The van der Waals surface area contributed by atoms with E-state index in [1.54, 1.807) is 35.2 Å². The standard InChI is InChI=1S/C20H22FN3O3/c1-27-18-5-3-2-4-17(18)23-20(26)22-11-15-10-19(25)24(13-15)12-14-6-8-16(21)9-7-14/h2-9,15H,10-13H2,1H3,(H2,22,23,26)/t15-/m1/s1. The molecule has 1 saturated heterocycles. The number of methoxy groups -OCH3 is 1. The van der Waals surface area contributed by atoms with E-state index < -0.39 is 0 Å². The summed E-state index contributed by atoms with van der Waals surface area (Å²) in [7, 11) is 1.54. The Balaban J connectivity index is 1.48. The molecule has 0 unspecified atom stereocenters. The predicted octanol–water partition coefficient (Wildman–Crippen LogP) is 3.00. The summed E-state index contributed by atoms with van der Waals surface area (Å²) in [5, 5.41) is 5.55. The Labute approximate surface area is 157 Å². The molecule has 1 atom stereocenters. The van der Waals surface area contributed by atoms with Crippen molar-refractivity contribution in [3.8, 4) is 5.75 Å². The number of hydrogen-bond donors (Lipinski definition) is 2. The molecule has 2 N–H and O–H groups in total. The predicted molar refractivity (Wildman–Crippen MR) is 99.9 cm³/mol. The highest BCUT2D eigenvalue weighted by molar-refractivity contribution is 5.91. The number of halogens is 1. The maximum atomic E-state index is 13.0. The summed E-state index contributed by atoms with van der Waals surface area (Å²) in [5.74, 6) is 0.362. The molecule has 0 spiro atoms. The van der Waals surface area contributed by atoms with Gasteiger partial charge in [-0.1, -0.05) is 24.3 Å². The van der Waals surface area contributed by atoms with Crippen molar-refractivity contribution in [2.24, 2.45) is 5.92 Å². The normalized spacial score (nSPS) is 16.3. The molecular weight excluding hydrogens is 349 g/mol. The molecule has 1 heterocycles. The van der Waals surface area contributed by atoms with Crippen LogP contribution in [0.4, 0.5) is 14.9 Å². The van der Waals surface area contributed by atoms with Crippen LogP contribution < -0.4 is 15.4 Å². The van der Waals surface area contributed by atoms with Gasteiger partial charge in [-0.15, -0.1) is 0 Å². The Morgan fingerprint density at radius 3 is 2.70 bits per heavy atom. The third-order valence-corrected chi connectivity index (χ3v) is 4.49. The zero-order chi connectivity index (χ0) is 19.2. The van der Waals surface area contributed by atoms with Gasteiger partial charge in [0.2, 0.25) is 5.91 Å². The van der Waals surface area contributed by atoms with Crippen molar-refractivity contribution in [3.05, 3.63) is 59.9 Å². The van der Waals surface area contributed by atoms with Crippen LogP contribution in [0.3, 0.4) is 0 Å². The van der Waals surface area contributed by atoms with Crippen LogP contribution in [-0.2, 0) is 11.3 Å². The van der Waals surface area contributed by atoms with Gasteiger partial charge in [-0.2, -0.15) is 0 Å². The summed E-state index contributed by atoms with van der Waals surface area (Å²) in [5.41, 5.74) is 1.46. The number of carbonyl (C=O) groups is 2. The van der Waals surface area contributed by atoms with Crippen LogP contribution in [0.1, 0.15) is 12.0 Å². The number of nitrogens with zero attached hydrogens (tertiary/aromatic N) is 1. The van der Waals surface area contributed by atoms with Gasteiger partial charge < -0.3 is 20.3 Å². The molecule has 1 aliphatic heterocycles. The number of hydrogen-bond acceptors (Lipinski definition) is 3. The number of rotatable bonds is 6. The highest BCUT2D eigenvalue weighted by Crippen LogP contribution is 2.23. The molecule has 1 fully saturated rings. The average Bonchev–Trinajstić information content (AvgIpc) is 3.02. The monoisotopic (exact) mass is 371 g/mol. The fourth-order valence-electron chi connectivity index (χ4n) is 3.11. The van der Waals surface area contributed by atoms with E-state index in [0.717, 1.165) is 5.56 Å². The molecule has 7 heteroatoms. The van der Waals surface area contributed by atoms with Gasteiger partial charge in [-0.05, 0) is 29.8 Å². The molecule has 0 saturated carbocycles. The lowest BCUT2D eigenvalue weighted by atomic mass is 10.1. The number of ether oxygens (including phenoxy) is 1. The Hall–Kier alpha value is -3.09. The van der Waals surface area contributed by atoms with E-state index in [0.29, 0.717) is 37.5 Å². The molecule has 0 bridgehead atoms. The maximum absolute atomic E-state index is 13.0. The van der Waals surface area contributed by atoms with Gasteiger partial charge in [0.25, 0.3) is 0 Å². The van der Waals surface area contributed by atoms with Gasteiger partial charge in [0, 0.05) is 32.0 Å². The van der Waals surface area contributed by atoms with Crippen molar-refractivity contribution >= 4 is 17.6 Å². The molecule has 0 aliphatic carbocycles. The van der Waals surface area contributed by atoms with Gasteiger partial charge >= 0.3 is 6.03 Å². The molecule has 2 aromatic rings. The van der Waals surface area contributed by atoms with Crippen molar-refractivity contribution in [1.82, 2.24) is 10.2 Å². The first kappa shape index (κ1) is 18.7. The molecular formula is C20H22FN3O3. The highest BCUT2D eigenvalue weighted by Gasteiger charge is 2.29. The summed E-state index contributed by atoms with van der Waals surface area (Å²) >= 11 is 0. The molecule has 142 valence electrons. The summed E-state index contributed by atoms with van der Waals surface area (Å²) < 4.78 is 18.2. The molecule has 2 aromatic carbocycles. The van der Waals surface area contributed by atoms with Crippen molar-refractivity contribution < 1.29 is 18.7 Å². The first-order valence-corrected chi connectivity index (χ1v) is 8.75. The fraction of sp³-hybridized carbons (Fsp3) is 0.300. The van der Waals surface area contributed by atoms with E-state index in [9.17, 15) is 14.0 Å². The SMILES string of the molecule is COc1ccccc1NC(=O)NC[C@H]1CC(=O)N(Cc2ccc(F)cc2)C1. The van der Waals surface area contributed by atoms with E-state index in [-0.39, 0.29) is 23.7 Å². The summed E-state index contributed by atoms with van der Waals surface area (Å²) in [4.78, 5) is 26.0. The molecule has 27 heavy (non-hydrogen) atoms. The lowest BCUT2D eigenvalue weighted by Crippen LogP contribution is -2.34. The number of para-hydroxylation sites is 2. The van der Waals surface area contributed by atoms with E-state index in [4.69, 9.17) is 4.74 Å². The zero-order valence-corrected chi connectivity index (χ0v) is 15.1. The summed E-state index contributed by atoms with van der Waals surface area (Å²) in [6.45, 7) is 1.40. The first-order valence-electron chi connectivity index (χ1n) is 8.75. The zero-order valence-electron chi connectivity index (χ0n) is 15.1. The largest absolute Gasteiger partial charge is 0.495 e. The first-order chi connectivity index (χ1) is 13.0. The van der Waals surface area contributed by atoms with Gasteiger partial charge in [0.15, 0.2) is 0 Å². The van der Waals surface area contributed by atoms with Gasteiger partial charge in [0.05, 0.1) is 12.8 Å². The van der Waals surface area contributed by atoms with Gasteiger partial charge in [-0.3, -0.25) is 4.79 Å². The minimum atomic E-state index is -0.344. The number of carbonyl (C=O) groups excluding carboxylic acids is 2. The van der Waals surface area contributed by atoms with E-state index in [1.807, 2.05) is 6.07 Å². The average molecular weight is 371 g/mol. The third kappa shape index (κ3) is 4.97. The second kappa shape index (κ2) is 8.53. The third-order valence-electron chi connectivity index (χ3n) is 4.49. The molecule has 3 amide bonds. The summed E-state index contributed by atoms with van der Waals surface area (Å²) in [6.07, 6.45) is 0.385. The van der Waals surface area contributed by atoms with E-state index in [2.05, 4.69) is 10.6 Å². The number of benzene rings is 2. The smallest absolute Gasteiger partial charge is 0.319 e. The Bertz CT molecular complexity index is 810. The van der Waals surface area contributed by atoms with Crippen LogP contribution in [0, 0.1) is 11.7 Å². The number of anilines is 1. The topological polar surface area (TPSA) is 70.7 Å². The number of likely N-dealkylation sites (tertiary alicyclic amines) is 1. The minimum absolute atomic E-state index is 0.0382. The molecule has 0 radical (unpaired) electrons. The van der Waals surface area contributed by atoms with Crippen LogP contribution in [0.25, 0.3) is 0 Å². The molecule has 6 nitrogen and oxygen atoms in total. The molecule has 0 aromatic heterocycles.